The summed E-state index contributed by atoms with van der Waals surface area (Å²) in [4.78, 5) is 18.4. The Labute approximate surface area is 191 Å². The van der Waals surface area contributed by atoms with Gasteiger partial charge in [-0.1, -0.05) is 17.7 Å². The van der Waals surface area contributed by atoms with Gasteiger partial charge in [0.2, 0.25) is 15.9 Å². The second kappa shape index (κ2) is 9.91. The molecule has 32 heavy (non-hydrogen) atoms. The van der Waals surface area contributed by atoms with Crippen LogP contribution in [-0.4, -0.2) is 53.5 Å². The fourth-order valence-electron chi connectivity index (χ4n) is 3.04. The molecule has 0 fully saturated rings. The molecule has 0 radical (unpaired) electrons. The van der Waals surface area contributed by atoms with Gasteiger partial charge in [-0.3, -0.25) is 9.78 Å². The summed E-state index contributed by atoms with van der Waals surface area (Å²) in [5.41, 5.74) is 1.36. The zero-order valence-electron chi connectivity index (χ0n) is 17.5. The van der Waals surface area contributed by atoms with E-state index in [2.05, 4.69) is 10.1 Å². The fourth-order valence-corrected chi connectivity index (χ4v) is 4.49. The first-order valence-electron chi connectivity index (χ1n) is 9.70. The van der Waals surface area contributed by atoms with Crippen molar-refractivity contribution in [3.8, 4) is 11.8 Å². The number of sulfonamides is 1. The first kappa shape index (κ1) is 23.4. The quantitative estimate of drug-likeness (QED) is 0.498. The lowest BCUT2D eigenvalue weighted by Crippen LogP contribution is -2.35. The van der Waals surface area contributed by atoms with Crippen LogP contribution in [0.5, 0.6) is 0 Å². The first-order valence-corrected chi connectivity index (χ1v) is 11.5. The van der Waals surface area contributed by atoms with Crippen LogP contribution < -0.4 is 4.90 Å². The maximum Gasteiger partial charge on any atom is 0.242 e. The van der Waals surface area contributed by atoms with Gasteiger partial charge < -0.3 is 4.90 Å². The number of halogens is 1. The van der Waals surface area contributed by atoms with Crippen LogP contribution in [0.25, 0.3) is 5.69 Å². The summed E-state index contributed by atoms with van der Waals surface area (Å²) < 4.78 is 28.2. The highest BCUT2D eigenvalue weighted by atomic mass is 35.5. The Hall–Kier alpha value is -3.26. The molecule has 1 aromatic carbocycles. The van der Waals surface area contributed by atoms with Crippen molar-refractivity contribution < 1.29 is 13.2 Å². The van der Waals surface area contributed by atoms with Gasteiger partial charge in [-0.05, 0) is 37.3 Å². The smallest absolute Gasteiger partial charge is 0.242 e. The van der Waals surface area contributed by atoms with Gasteiger partial charge >= 0.3 is 0 Å². The predicted molar refractivity (Wildman–Crippen MR) is 120 cm³/mol. The van der Waals surface area contributed by atoms with E-state index in [0.717, 1.165) is 4.31 Å². The lowest BCUT2D eigenvalue weighted by atomic mass is 10.2. The Kier molecular flexibility index (Phi) is 7.25. The molecule has 0 atom stereocenters. The van der Waals surface area contributed by atoms with Crippen molar-refractivity contribution in [2.24, 2.45) is 0 Å². The molecule has 11 heteroatoms. The average Bonchev–Trinajstić information content (AvgIpc) is 3.19. The zero-order chi connectivity index (χ0) is 23.3. The number of amides is 1. The van der Waals surface area contributed by atoms with Crippen molar-refractivity contribution in [3.63, 3.8) is 0 Å². The molecule has 3 rings (SSSR count). The summed E-state index contributed by atoms with van der Waals surface area (Å²) in [6.07, 6.45) is 4.83. The monoisotopic (exact) mass is 472 g/mol. The highest BCUT2D eigenvalue weighted by Gasteiger charge is 2.25. The molecular formula is C21H21ClN6O3S. The maximum absolute atomic E-state index is 12.9. The van der Waals surface area contributed by atoms with E-state index in [1.807, 2.05) is 6.07 Å². The van der Waals surface area contributed by atoms with Crippen molar-refractivity contribution in [3.05, 3.63) is 65.7 Å². The minimum absolute atomic E-state index is 0.000335. The van der Waals surface area contributed by atoms with Gasteiger partial charge in [0, 0.05) is 32.8 Å². The van der Waals surface area contributed by atoms with Gasteiger partial charge in [0.25, 0.3) is 0 Å². The van der Waals surface area contributed by atoms with Crippen molar-refractivity contribution in [2.75, 3.05) is 25.0 Å². The lowest BCUT2D eigenvalue weighted by molar-refractivity contribution is -0.118. The summed E-state index contributed by atoms with van der Waals surface area (Å²) in [7, 11) is -2.45. The molecule has 0 spiro atoms. The van der Waals surface area contributed by atoms with Crippen molar-refractivity contribution in [1.29, 1.82) is 5.26 Å². The average molecular weight is 473 g/mol. The number of carbonyl (C=O) groups excluding carboxylic acids is 1. The number of anilines is 1. The van der Waals surface area contributed by atoms with Crippen LogP contribution in [0.15, 0.2) is 59.9 Å². The van der Waals surface area contributed by atoms with E-state index in [1.54, 1.807) is 37.6 Å². The Balaban J connectivity index is 1.73. The molecule has 0 saturated carbocycles. The van der Waals surface area contributed by atoms with E-state index in [4.69, 9.17) is 16.9 Å². The Morgan fingerprint density at radius 3 is 2.72 bits per heavy atom. The van der Waals surface area contributed by atoms with E-state index in [9.17, 15) is 13.2 Å². The predicted octanol–water partition coefficient (Wildman–Crippen LogP) is 2.86. The highest BCUT2D eigenvalue weighted by Crippen LogP contribution is 2.26. The number of pyridine rings is 1. The van der Waals surface area contributed by atoms with Crippen LogP contribution in [0.2, 0.25) is 5.15 Å². The fraction of sp³-hybridized carbons (Fsp3) is 0.238. The number of benzene rings is 1. The molecule has 1 amide bonds. The highest BCUT2D eigenvalue weighted by molar-refractivity contribution is 7.89. The number of nitriles is 1. The minimum atomic E-state index is -3.84. The molecule has 2 heterocycles. The van der Waals surface area contributed by atoms with E-state index in [1.165, 1.54) is 40.9 Å². The van der Waals surface area contributed by atoms with Gasteiger partial charge in [-0.2, -0.15) is 10.4 Å². The normalized spacial score (nSPS) is 11.3. The number of aromatic nitrogens is 3. The van der Waals surface area contributed by atoms with Gasteiger partial charge in [0.1, 0.15) is 5.69 Å². The number of carbonyl (C=O) groups is 1. The molecule has 166 valence electrons. The van der Waals surface area contributed by atoms with Crippen LogP contribution in [0, 0.1) is 11.3 Å². The molecular weight excluding hydrogens is 452 g/mol. The summed E-state index contributed by atoms with van der Waals surface area (Å²) >= 11 is 6.28. The van der Waals surface area contributed by atoms with E-state index in [-0.39, 0.29) is 34.5 Å². The molecule has 3 aromatic rings. The minimum Gasteiger partial charge on any atom is -0.308 e. The van der Waals surface area contributed by atoms with Gasteiger partial charge in [0.05, 0.1) is 34.6 Å². The number of nitrogens with zero attached hydrogens (tertiary/aromatic N) is 6. The Bertz CT molecular complexity index is 1250. The third kappa shape index (κ3) is 4.96. The Morgan fingerprint density at radius 2 is 2.06 bits per heavy atom. The molecule has 0 aliphatic heterocycles. The number of hydrogen-bond donors (Lipinski definition) is 0. The molecule has 9 nitrogen and oxygen atoms in total. The summed E-state index contributed by atoms with van der Waals surface area (Å²) in [6.45, 7) is 2.09. The first-order chi connectivity index (χ1) is 15.3. The molecule has 0 saturated heterocycles. The van der Waals surface area contributed by atoms with Crippen LogP contribution in [-0.2, 0) is 14.8 Å². The Morgan fingerprint density at radius 1 is 1.28 bits per heavy atom. The topological polar surface area (TPSA) is 112 Å². The van der Waals surface area contributed by atoms with Crippen molar-refractivity contribution in [1.82, 2.24) is 19.1 Å². The maximum atomic E-state index is 12.9. The molecule has 0 bridgehead atoms. The third-order valence-electron chi connectivity index (χ3n) is 4.78. The van der Waals surface area contributed by atoms with Crippen molar-refractivity contribution in [2.45, 2.75) is 18.2 Å². The summed E-state index contributed by atoms with van der Waals surface area (Å²) in [5.74, 6) is -0.298. The second-order valence-electron chi connectivity index (χ2n) is 6.82. The van der Waals surface area contributed by atoms with E-state index < -0.39 is 10.0 Å². The molecule has 0 N–H and O–H groups in total. The van der Waals surface area contributed by atoms with Crippen LogP contribution >= 0.6 is 11.6 Å². The van der Waals surface area contributed by atoms with Crippen molar-refractivity contribution >= 4 is 33.2 Å². The molecule has 0 aliphatic carbocycles. The summed E-state index contributed by atoms with van der Waals surface area (Å²) in [5, 5.41) is 13.4. The van der Waals surface area contributed by atoms with E-state index >= 15 is 0 Å². The molecule has 0 aliphatic rings. The van der Waals surface area contributed by atoms with Gasteiger partial charge in [-0.25, -0.2) is 17.4 Å². The summed E-state index contributed by atoms with van der Waals surface area (Å²) in [6, 6.07) is 11.2. The van der Waals surface area contributed by atoms with Crippen LogP contribution in [0.1, 0.15) is 18.9 Å². The van der Waals surface area contributed by atoms with Crippen LogP contribution in [0.4, 0.5) is 5.69 Å². The standard InChI is InChI=1S/C21H21ClN6O3S/c1-3-27(19-15-28(25-21(19)22)17-7-5-10-24-14-17)20(29)9-11-26(2)32(30,31)18-8-4-6-16(12-18)13-23/h4-8,10,12,14-15H,3,9,11H2,1-2H3. The third-order valence-corrected chi connectivity index (χ3v) is 6.90. The SMILES string of the molecule is CCN(C(=O)CCN(C)S(=O)(=O)c1cccc(C#N)c1)c1cn(-c2cccnc2)nc1Cl. The lowest BCUT2D eigenvalue weighted by Gasteiger charge is -2.22. The van der Waals surface area contributed by atoms with Crippen LogP contribution in [0.3, 0.4) is 0 Å². The number of hydrogen-bond acceptors (Lipinski definition) is 6. The van der Waals surface area contributed by atoms with E-state index in [0.29, 0.717) is 17.9 Å². The number of rotatable bonds is 8. The second-order valence-corrected chi connectivity index (χ2v) is 9.22. The molecule has 2 aromatic heterocycles. The van der Waals surface area contributed by atoms with Gasteiger partial charge in [-0.15, -0.1) is 0 Å². The zero-order valence-corrected chi connectivity index (χ0v) is 19.1. The largest absolute Gasteiger partial charge is 0.308 e. The molecule has 0 unspecified atom stereocenters. The van der Waals surface area contributed by atoms with Gasteiger partial charge in [0.15, 0.2) is 5.15 Å².